The number of nitrogens with zero attached hydrogens (tertiary/aromatic N) is 2. The lowest BCUT2D eigenvalue weighted by Crippen LogP contribution is -2.31. The van der Waals surface area contributed by atoms with E-state index >= 15 is 0 Å². The number of benzene rings is 1. The van der Waals surface area contributed by atoms with E-state index < -0.39 is 0 Å². The average molecular weight is 261 g/mol. The van der Waals surface area contributed by atoms with Crippen LogP contribution in [0.15, 0.2) is 29.4 Å². The van der Waals surface area contributed by atoms with Gasteiger partial charge in [-0.1, -0.05) is 52.0 Å². The van der Waals surface area contributed by atoms with Gasteiger partial charge in [0.25, 0.3) is 0 Å². The molecule has 2 N–H and O–H groups in total. The molecule has 1 rings (SSSR count). The van der Waals surface area contributed by atoms with Gasteiger partial charge in [0.05, 0.1) is 6.21 Å². The molecule has 106 valence electrons. The molecule has 0 unspecified atom stereocenters. The summed E-state index contributed by atoms with van der Waals surface area (Å²) < 4.78 is 0. The van der Waals surface area contributed by atoms with Crippen LogP contribution in [0.4, 0.5) is 0 Å². The van der Waals surface area contributed by atoms with E-state index in [1.54, 1.807) is 6.21 Å². The van der Waals surface area contributed by atoms with E-state index in [2.05, 4.69) is 55.9 Å². The van der Waals surface area contributed by atoms with E-state index in [4.69, 9.17) is 5.84 Å². The van der Waals surface area contributed by atoms with Gasteiger partial charge in [-0.05, 0) is 23.0 Å². The van der Waals surface area contributed by atoms with Crippen LogP contribution in [0.5, 0.6) is 0 Å². The van der Waals surface area contributed by atoms with Gasteiger partial charge in [0, 0.05) is 19.6 Å². The second-order valence-electron chi connectivity index (χ2n) is 5.96. The third kappa shape index (κ3) is 5.88. The van der Waals surface area contributed by atoms with Crippen LogP contribution in [0.2, 0.25) is 0 Å². The van der Waals surface area contributed by atoms with E-state index in [0.29, 0.717) is 11.8 Å². The number of nitrogens with two attached hydrogens (primary N) is 1. The Kier molecular flexibility index (Phi) is 6.57. The van der Waals surface area contributed by atoms with Crippen LogP contribution in [-0.4, -0.2) is 24.2 Å². The van der Waals surface area contributed by atoms with Gasteiger partial charge in [-0.2, -0.15) is 5.10 Å². The molecule has 0 aliphatic rings. The Bertz CT molecular complexity index is 387. The van der Waals surface area contributed by atoms with Crippen molar-refractivity contribution in [1.82, 2.24) is 4.90 Å². The predicted octanol–water partition coefficient (Wildman–Crippen LogP) is 3.09. The largest absolute Gasteiger partial charge is 0.323 e. The Morgan fingerprint density at radius 3 is 2.21 bits per heavy atom. The maximum Gasteiger partial charge on any atom is 0.0541 e. The van der Waals surface area contributed by atoms with Crippen LogP contribution in [-0.2, 0) is 6.54 Å². The number of hydrazone groups is 1. The predicted molar refractivity (Wildman–Crippen MR) is 83.2 cm³/mol. The fourth-order valence-corrected chi connectivity index (χ4v) is 2.36. The molecule has 0 heterocycles. The Morgan fingerprint density at radius 1 is 1.11 bits per heavy atom. The van der Waals surface area contributed by atoms with Gasteiger partial charge >= 0.3 is 0 Å². The van der Waals surface area contributed by atoms with E-state index in [1.807, 2.05) is 6.07 Å². The first-order valence-electron chi connectivity index (χ1n) is 7.06. The molecule has 0 spiro atoms. The summed E-state index contributed by atoms with van der Waals surface area (Å²) in [5.74, 6) is 6.63. The zero-order valence-electron chi connectivity index (χ0n) is 12.6. The van der Waals surface area contributed by atoms with Crippen molar-refractivity contribution < 1.29 is 0 Å². The Labute approximate surface area is 117 Å². The maximum atomic E-state index is 5.28. The monoisotopic (exact) mass is 261 g/mol. The Hall–Kier alpha value is -1.35. The third-order valence-corrected chi connectivity index (χ3v) is 2.91. The van der Waals surface area contributed by atoms with Crippen LogP contribution in [0.1, 0.15) is 38.8 Å². The molecule has 0 saturated heterocycles. The van der Waals surface area contributed by atoms with Gasteiger partial charge in [-0.25, -0.2) is 0 Å². The summed E-state index contributed by atoms with van der Waals surface area (Å²) in [6.07, 6.45) is 1.73. The van der Waals surface area contributed by atoms with E-state index in [-0.39, 0.29) is 0 Å². The molecule has 0 bridgehead atoms. The summed E-state index contributed by atoms with van der Waals surface area (Å²) in [7, 11) is 0. The van der Waals surface area contributed by atoms with Crippen molar-refractivity contribution in [2.45, 2.75) is 34.2 Å². The lowest BCUT2D eigenvalue weighted by molar-refractivity contribution is 0.211. The van der Waals surface area contributed by atoms with Crippen molar-refractivity contribution in [2.24, 2.45) is 22.8 Å². The molecule has 0 amide bonds. The van der Waals surface area contributed by atoms with Crippen molar-refractivity contribution in [3.63, 3.8) is 0 Å². The first-order valence-corrected chi connectivity index (χ1v) is 7.06. The smallest absolute Gasteiger partial charge is 0.0541 e. The van der Waals surface area contributed by atoms with E-state index in [0.717, 1.165) is 25.2 Å². The van der Waals surface area contributed by atoms with Gasteiger partial charge in [0.1, 0.15) is 0 Å². The molecule has 0 aliphatic heterocycles. The minimum absolute atomic E-state index is 0.675. The summed E-state index contributed by atoms with van der Waals surface area (Å²) in [6.45, 7) is 12.2. The van der Waals surface area contributed by atoms with Crippen molar-refractivity contribution >= 4 is 6.21 Å². The van der Waals surface area contributed by atoms with Gasteiger partial charge in [-0.15, -0.1) is 0 Å². The zero-order valence-corrected chi connectivity index (χ0v) is 12.6. The summed E-state index contributed by atoms with van der Waals surface area (Å²) in [5.41, 5.74) is 2.40. The Balaban J connectivity index is 2.82. The molecular weight excluding hydrogens is 234 g/mol. The molecule has 1 aromatic rings. The lowest BCUT2D eigenvalue weighted by Gasteiger charge is -2.26. The van der Waals surface area contributed by atoms with Crippen LogP contribution in [0, 0.1) is 11.8 Å². The maximum absolute atomic E-state index is 5.28. The summed E-state index contributed by atoms with van der Waals surface area (Å²) in [5, 5.41) is 3.65. The SMILES string of the molecule is CC(C)CN(Cc1ccccc1C=NN)CC(C)C. The summed E-state index contributed by atoms with van der Waals surface area (Å²) in [6, 6.07) is 8.32. The van der Waals surface area contributed by atoms with E-state index in [1.165, 1.54) is 5.56 Å². The molecule has 0 aromatic heterocycles. The van der Waals surface area contributed by atoms with Gasteiger partial charge < -0.3 is 5.84 Å². The number of hydrogen-bond donors (Lipinski definition) is 1. The lowest BCUT2D eigenvalue weighted by atomic mass is 10.1. The topological polar surface area (TPSA) is 41.6 Å². The second kappa shape index (κ2) is 7.95. The molecule has 0 aliphatic carbocycles. The van der Waals surface area contributed by atoms with Gasteiger partial charge in [0.2, 0.25) is 0 Å². The first-order chi connectivity index (χ1) is 9.02. The molecule has 3 heteroatoms. The molecule has 19 heavy (non-hydrogen) atoms. The van der Waals surface area contributed by atoms with Crippen molar-refractivity contribution in [3.05, 3.63) is 35.4 Å². The van der Waals surface area contributed by atoms with Crippen molar-refractivity contribution in [1.29, 1.82) is 0 Å². The normalized spacial score (nSPS) is 12.2. The van der Waals surface area contributed by atoms with Crippen molar-refractivity contribution in [2.75, 3.05) is 13.1 Å². The third-order valence-electron chi connectivity index (χ3n) is 2.91. The molecule has 0 radical (unpaired) electrons. The van der Waals surface area contributed by atoms with Crippen LogP contribution in [0.3, 0.4) is 0 Å². The number of rotatable bonds is 7. The highest BCUT2D eigenvalue weighted by Crippen LogP contribution is 2.13. The molecule has 0 fully saturated rings. The zero-order chi connectivity index (χ0) is 14.3. The first kappa shape index (κ1) is 15.7. The highest BCUT2D eigenvalue weighted by atomic mass is 15.1. The standard InChI is InChI=1S/C16H27N3/c1-13(2)10-19(11-14(3)4)12-16-8-6-5-7-15(16)9-18-17/h5-9,13-14H,10-12,17H2,1-4H3. The van der Waals surface area contributed by atoms with Crippen molar-refractivity contribution in [3.8, 4) is 0 Å². The molecule has 3 nitrogen and oxygen atoms in total. The van der Waals surface area contributed by atoms with Crippen LogP contribution in [0.25, 0.3) is 0 Å². The highest BCUT2D eigenvalue weighted by Gasteiger charge is 2.11. The van der Waals surface area contributed by atoms with Crippen LogP contribution < -0.4 is 5.84 Å². The minimum Gasteiger partial charge on any atom is -0.323 e. The molecule has 1 aromatic carbocycles. The van der Waals surface area contributed by atoms with Gasteiger partial charge in [0.15, 0.2) is 0 Å². The Morgan fingerprint density at radius 2 is 1.68 bits per heavy atom. The highest BCUT2D eigenvalue weighted by molar-refractivity contribution is 5.81. The number of hydrogen-bond acceptors (Lipinski definition) is 3. The minimum atomic E-state index is 0.675. The fourth-order valence-electron chi connectivity index (χ4n) is 2.36. The van der Waals surface area contributed by atoms with Crippen LogP contribution >= 0.6 is 0 Å². The fraction of sp³-hybridized carbons (Fsp3) is 0.562. The molecule has 0 atom stereocenters. The molecular formula is C16H27N3. The molecule has 0 saturated carbocycles. The van der Waals surface area contributed by atoms with Gasteiger partial charge in [-0.3, -0.25) is 4.90 Å². The quantitative estimate of drug-likeness (QED) is 0.465. The average Bonchev–Trinajstić information content (AvgIpc) is 2.30. The van der Waals surface area contributed by atoms with E-state index in [9.17, 15) is 0 Å². The second-order valence-corrected chi connectivity index (χ2v) is 5.96. The summed E-state index contributed by atoms with van der Waals surface area (Å²) >= 11 is 0. The summed E-state index contributed by atoms with van der Waals surface area (Å²) in [4.78, 5) is 2.51.